The fourth-order valence-electron chi connectivity index (χ4n) is 1.19. The lowest BCUT2D eigenvalue weighted by molar-refractivity contribution is -0.140. The van der Waals surface area contributed by atoms with Gasteiger partial charge in [0, 0.05) is 12.5 Å². The molecule has 0 aromatic rings. The van der Waals surface area contributed by atoms with Gasteiger partial charge in [-0.3, -0.25) is 4.79 Å². The Hall–Kier alpha value is -1.56. The van der Waals surface area contributed by atoms with Gasteiger partial charge in [0.05, 0.1) is 13.2 Å². The molecule has 0 saturated carbocycles. The highest BCUT2D eigenvalue weighted by molar-refractivity contribution is 5.68. The maximum absolute atomic E-state index is 10.7. The van der Waals surface area contributed by atoms with E-state index in [1.54, 1.807) is 6.07 Å². The van der Waals surface area contributed by atoms with E-state index in [9.17, 15) is 4.79 Å². The van der Waals surface area contributed by atoms with E-state index in [1.165, 1.54) is 32.4 Å². The number of allylic oxidation sites excluding steroid dienone is 2. The van der Waals surface area contributed by atoms with Gasteiger partial charge in [-0.15, -0.1) is 6.58 Å². The summed E-state index contributed by atoms with van der Waals surface area (Å²) in [7, 11) is 1.44. The number of nitriles is 1. The summed E-state index contributed by atoms with van der Waals surface area (Å²) in [6, 6.07) is 1.69. The van der Waals surface area contributed by atoms with Crippen molar-refractivity contribution in [1.29, 1.82) is 5.26 Å². The van der Waals surface area contributed by atoms with E-state index >= 15 is 0 Å². The van der Waals surface area contributed by atoms with Gasteiger partial charge in [0.25, 0.3) is 0 Å². The summed E-state index contributed by atoms with van der Waals surface area (Å²) in [4.78, 5) is 10.7. The Kier molecular flexibility index (Phi) is 17.7. The van der Waals surface area contributed by atoms with Gasteiger partial charge in [0.15, 0.2) is 0 Å². The van der Waals surface area contributed by atoms with Crippen LogP contribution < -0.4 is 0 Å². The van der Waals surface area contributed by atoms with Crippen LogP contribution in [0.4, 0.5) is 0 Å². The van der Waals surface area contributed by atoms with Crippen LogP contribution in [0.25, 0.3) is 0 Å². The Morgan fingerprint density at radius 1 is 1.24 bits per heavy atom. The van der Waals surface area contributed by atoms with E-state index in [4.69, 9.17) is 5.26 Å². The number of unbranched alkanes of at least 4 members (excludes halogenated alkanes) is 5. The van der Waals surface area contributed by atoms with Crippen molar-refractivity contribution in [3.05, 3.63) is 25.3 Å². The highest BCUT2D eigenvalue weighted by Crippen LogP contribution is 2.07. The van der Waals surface area contributed by atoms with Crippen LogP contribution in [0.2, 0.25) is 0 Å². The predicted molar refractivity (Wildman–Crippen MR) is 70.3 cm³/mol. The molecule has 0 aliphatic rings. The lowest BCUT2D eigenvalue weighted by atomic mass is 10.1. The third-order valence-electron chi connectivity index (χ3n) is 2.11. The molecule has 0 unspecified atom stereocenters. The molecule has 0 heterocycles. The minimum Gasteiger partial charge on any atom is -0.469 e. The average molecular weight is 237 g/mol. The number of methoxy groups -OCH3 is 1. The molecule has 3 heteroatoms. The van der Waals surface area contributed by atoms with Gasteiger partial charge in [-0.05, 0) is 19.3 Å². The Morgan fingerprint density at radius 3 is 2.24 bits per heavy atom. The van der Waals surface area contributed by atoms with Crippen LogP contribution in [0, 0.1) is 11.3 Å². The molecule has 0 amide bonds. The van der Waals surface area contributed by atoms with Crippen LogP contribution in [0.15, 0.2) is 25.3 Å². The summed E-state index contributed by atoms with van der Waals surface area (Å²) in [6.07, 6.45) is 10.6. The normalized spacial score (nSPS) is 8.24. The first kappa shape index (κ1) is 17.8. The van der Waals surface area contributed by atoms with Crippen LogP contribution in [-0.2, 0) is 9.53 Å². The zero-order valence-corrected chi connectivity index (χ0v) is 10.8. The first-order valence-electron chi connectivity index (χ1n) is 5.91. The monoisotopic (exact) mass is 237 g/mol. The molecule has 0 aromatic heterocycles. The summed E-state index contributed by atoms with van der Waals surface area (Å²) in [6.45, 7) is 6.79. The molecule has 0 rings (SSSR count). The largest absolute Gasteiger partial charge is 0.469 e. The van der Waals surface area contributed by atoms with Crippen molar-refractivity contribution in [2.45, 2.75) is 44.9 Å². The second-order valence-corrected chi connectivity index (χ2v) is 3.50. The molecule has 0 bridgehead atoms. The predicted octanol–water partition coefficient (Wildman–Crippen LogP) is 3.77. The second kappa shape index (κ2) is 16.9. The van der Waals surface area contributed by atoms with E-state index in [1.807, 2.05) is 6.08 Å². The quantitative estimate of drug-likeness (QED) is 0.279. The maximum atomic E-state index is 10.7. The molecular formula is C14H23NO2. The summed E-state index contributed by atoms with van der Waals surface area (Å²) < 4.78 is 4.54. The molecule has 0 aliphatic carbocycles. The fraction of sp³-hybridized carbons (Fsp3) is 0.571. The molecule has 17 heavy (non-hydrogen) atoms. The molecule has 0 radical (unpaired) electrons. The number of carbonyl (C=O) groups is 1. The van der Waals surface area contributed by atoms with Gasteiger partial charge in [-0.2, -0.15) is 5.26 Å². The van der Waals surface area contributed by atoms with E-state index in [0.717, 1.165) is 19.3 Å². The molecule has 0 aliphatic heterocycles. The number of esters is 1. The summed E-state index contributed by atoms with van der Waals surface area (Å²) >= 11 is 0. The Balaban J connectivity index is 0. The number of carbonyl (C=O) groups excluding carboxylic acids is 1. The van der Waals surface area contributed by atoms with E-state index in [2.05, 4.69) is 17.9 Å². The third kappa shape index (κ3) is 20.5. The van der Waals surface area contributed by atoms with Gasteiger partial charge in [-0.25, -0.2) is 0 Å². The standard InChI is InChI=1S/C11H20O2.C3H3N/c1-3-4-5-6-7-8-9-10-11(12)13-2;1-2-3-4/h3H,1,4-10H2,2H3;2H,1H2. The Labute approximate surface area is 105 Å². The molecular weight excluding hydrogens is 214 g/mol. The molecule has 0 aromatic carbocycles. The second-order valence-electron chi connectivity index (χ2n) is 3.50. The highest BCUT2D eigenvalue weighted by atomic mass is 16.5. The van der Waals surface area contributed by atoms with Crippen molar-refractivity contribution in [2.75, 3.05) is 7.11 Å². The van der Waals surface area contributed by atoms with Gasteiger partial charge in [-0.1, -0.05) is 31.9 Å². The zero-order chi connectivity index (χ0) is 13.4. The SMILES string of the molecule is C=CC#N.C=CCCCCCCCC(=O)OC. The number of ether oxygens (including phenoxy) is 1. The zero-order valence-electron chi connectivity index (χ0n) is 10.8. The molecule has 0 fully saturated rings. The molecule has 0 spiro atoms. The number of nitrogens with zero attached hydrogens (tertiary/aromatic N) is 1. The molecule has 96 valence electrons. The average Bonchev–Trinajstić information content (AvgIpc) is 2.37. The smallest absolute Gasteiger partial charge is 0.305 e. The maximum Gasteiger partial charge on any atom is 0.305 e. The van der Waals surface area contributed by atoms with E-state index in [0.29, 0.717) is 6.42 Å². The van der Waals surface area contributed by atoms with Crippen LogP contribution in [-0.4, -0.2) is 13.1 Å². The molecule has 0 atom stereocenters. The third-order valence-corrected chi connectivity index (χ3v) is 2.11. The minimum atomic E-state index is -0.0916. The first-order chi connectivity index (χ1) is 8.22. The van der Waals surface area contributed by atoms with Crippen LogP contribution in [0.3, 0.4) is 0 Å². The van der Waals surface area contributed by atoms with Crippen molar-refractivity contribution in [3.63, 3.8) is 0 Å². The van der Waals surface area contributed by atoms with Crippen molar-refractivity contribution < 1.29 is 9.53 Å². The Morgan fingerprint density at radius 2 is 1.76 bits per heavy atom. The summed E-state index contributed by atoms with van der Waals surface area (Å²) in [5, 5.41) is 7.51. The summed E-state index contributed by atoms with van der Waals surface area (Å²) in [5.41, 5.74) is 0. The minimum absolute atomic E-state index is 0.0916. The lowest BCUT2D eigenvalue weighted by Gasteiger charge is -1.99. The van der Waals surface area contributed by atoms with Gasteiger partial charge in [0.1, 0.15) is 0 Å². The van der Waals surface area contributed by atoms with Gasteiger partial charge >= 0.3 is 5.97 Å². The van der Waals surface area contributed by atoms with Crippen molar-refractivity contribution in [2.24, 2.45) is 0 Å². The number of hydrogen-bond donors (Lipinski definition) is 0. The fourth-order valence-corrected chi connectivity index (χ4v) is 1.19. The first-order valence-corrected chi connectivity index (χ1v) is 5.91. The van der Waals surface area contributed by atoms with E-state index in [-0.39, 0.29) is 5.97 Å². The van der Waals surface area contributed by atoms with Crippen molar-refractivity contribution >= 4 is 5.97 Å². The van der Waals surface area contributed by atoms with Crippen molar-refractivity contribution in [3.8, 4) is 6.07 Å². The van der Waals surface area contributed by atoms with Gasteiger partial charge < -0.3 is 4.74 Å². The summed E-state index contributed by atoms with van der Waals surface area (Å²) in [5.74, 6) is -0.0916. The highest BCUT2D eigenvalue weighted by Gasteiger charge is 1.98. The topological polar surface area (TPSA) is 50.1 Å². The van der Waals surface area contributed by atoms with Crippen LogP contribution in [0.1, 0.15) is 44.9 Å². The van der Waals surface area contributed by atoms with Gasteiger partial charge in [0.2, 0.25) is 0 Å². The molecule has 0 N–H and O–H groups in total. The van der Waals surface area contributed by atoms with Crippen LogP contribution >= 0.6 is 0 Å². The van der Waals surface area contributed by atoms with E-state index < -0.39 is 0 Å². The lowest BCUT2D eigenvalue weighted by Crippen LogP contribution is -1.98. The number of hydrogen-bond acceptors (Lipinski definition) is 3. The number of rotatable bonds is 8. The Bertz CT molecular complexity index is 241. The van der Waals surface area contributed by atoms with Crippen LogP contribution in [0.5, 0.6) is 0 Å². The van der Waals surface area contributed by atoms with Crippen molar-refractivity contribution in [1.82, 2.24) is 0 Å². The molecule has 0 saturated heterocycles. The molecule has 3 nitrogen and oxygen atoms in total.